The van der Waals surface area contributed by atoms with Crippen LogP contribution in [-0.4, -0.2) is 58.1 Å². The molecule has 108 valence electrons. The molecule has 0 fully saturated rings. The lowest BCUT2D eigenvalue weighted by molar-refractivity contribution is -0.120. The quantitative estimate of drug-likeness (QED) is 0.480. The molecule has 1 unspecified atom stereocenters. The molecule has 0 aliphatic carbocycles. The number of rotatable bonds is 12. The van der Waals surface area contributed by atoms with Crippen LogP contribution in [0.15, 0.2) is 0 Å². The lowest BCUT2D eigenvalue weighted by atomic mass is 10.2. The van der Waals surface area contributed by atoms with Gasteiger partial charge in [-0.2, -0.15) is 0 Å². The minimum Gasteiger partial charge on any atom is -0.382 e. The molecule has 0 saturated heterocycles. The maximum absolute atomic E-state index is 11.1. The smallest absolute Gasteiger partial charge is 0.234 e. The first-order valence-corrected chi connectivity index (χ1v) is 6.27. The van der Waals surface area contributed by atoms with E-state index in [1.807, 2.05) is 13.8 Å². The van der Waals surface area contributed by atoms with E-state index in [2.05, 4.69) is 5.32 Å². The van der Waals surface area contributed by atoms with Gasteiger partial charge < -0.3 is 25.3 Å². The molecule has 0 rings (SSSR count). The Hall–Kier alpha value is -0.690. The molecule has 0 aromatic carbocycles. The highest BCUT2D eigenvalue weighted by molar-refractivity contribution is 5.79. The van der Waals surface area contributed by atoms with Crippen LogP contribution in [0.25, 0.3) is 0 Å². The second-order valence-corrected chi connectivity index (χ2v) is 4.28. The van der Waals surface area contributed by atoms with Crippen LogP contribution in [0.4, 0.5) is 0 Å². The van der Waals surface area contributed by atoms with Crippen molar-refractivity contribution in [2.24, 2.45) is 5.73 Å². The molecule has 0 radical (unpaired) electrons. The minimum absolute atomic E-state index is 0.222. The molecule has 0 aromatic heterocycles. The first-order valence-electron chi connectivity index (χ1n) is 6.27. The van der Waals surface area contributed by atoms with Gasteiger partial charge in [0.2, 0.25) is 5.91 Å². The molecular formula is C12H26N2O4. The van der Waals surface area contributed by atoms with Gasteiger partial charge in [-0.3, -0.25) is 4.79 Å². The van der Waals surface area contributed by atoms with Crippen molar-refractivity contribution in [2.45, 2.75) is 32.4 Å². The zero-order chi connectivity index (χ0) is 13.8. The van der Waals surface area contributed by atoms with Gasteiger partial charge in [-0.1, -0.05) is 13.8 Å². The Balaban J connectivity index is 3.47. The molecule has 0 spiro atoms. The van der Waals surface area contributed by atoms with E-state index < -0.39 is 0 Å². The largest absolute Gasteiger partial charge is 0.382 e. The number of primary amides is 1. The number of nitrogens with one attached hydrogen (secondary N) is 1. The number of methoxy groups -OCH3 is 1. The number of ether oxygens (including phenoxy) is 3. The zero-order valence-electron chi connectivity index (χ0n) is 11.6. The van der Waals surface area contributed by atoms with Crippen molar-refractivity contribution in [3.8, 4) is 0 Å². The summed E-state index contributed by atoms with van der Waals surface area (Å²) in [6, 6.07) is -0.112. The van der Waals surface area contributed by atoms with Crippen LogP contribution >= 0.6 is 0 Å². The van der Waals surface area contributed by atoms with Crippen LogP contribution < -0.4 is 11.1 Å². The third-order valence-electron chi connectivity index (χ3n) is 2.23. The molecule has 0 heterocycles. The fourth-order valence-corrected chi connectivity index (χ4v) is 1.38. The van der Waals surface area contributed by atoms with Crippen molar-refractivity contribution in [3.05, 3.63) is 0 Å². The Morgan fingerprint density at radius 1 is 1.11 bits per heavy atom. The molecule has 0 saturated carbocycles. The van der Waals surface area contributed by atoms with Gasteiger partial charge in [-0.05, 0) is 6.42 Å². The fourth-order valence-electron chi connectivity index (χ4n) is 1.38. The monoisotopic (exact) mass is 262 g/mol. The van der Waals surface area contributed by atoms with Crippen LogP contribution in [0.3, 0.4) is 0 Å². The summed E-state index contributed by atoms with van der Waals surface area (Å²) < 4.78 is 15.4. The van der Waals surface area contributed by atoms with Gasteiger partial charge >= 0.3 is 0 Å². The van der Waals surface area contributed by atoms with Crippen LogP contribution in [0.1, 0.15) is 20.3 Å². The van der Waals surface area contributed by atoms with Gasteiger partial charge in [0.1, 0.15) is 0 Å². The third kappa shape index (κ3) is 10.5. The van der Waals surface area contributed by atoms with Crippen molar-refractivity contribution >= 4 is 5.91 Å². The normalized spacial score (nSPS) is 12.9. The van der Waals surface area contributed by atoms with Crippen LogP contribution in [0, 0.1) is 0 Å². The van der Waals surface area contributed by atoms with E-state index in [0.717, 1.165) is 0 Å². The maximum Gasteiger partial charge on any atom is 0.234 e. The molecule has 0 aliphatic rings. The summed E-state index contributed by atoms with van der Waals surface area (Å²) in [5.41, 5.74) is 5.29. The topological polar surface area (TPSA) is 82.8 Å². The lowest BCUT2D eigenvalue weighted by Crippen LogP contribution is -2.45. The first-order chi connectivity index (χ1) is 8.57. The van der Waals surface area contributed by atoms with Crippen molar-refractivity contribution in [3.63, 3.8) is 0 Å². The van der Waals surface area contributed by atoms with E-state index in [1.54, 1.807) is 7.11 Å². The summed E-state index contributed by atoms with van der Waals surface area (Å²) in [6.45, 7) is 6.63. The highest BCUT2D eigenvalue weighted by Crippen LogP contribution is 1.95. The van der Waals surface area contributed by atoms with E-state index in [0.29, 0.717) is 39.5 Å². The zero-order valence-corrected chi connectivity index (χ0v) is 11.6. The summed E-state index contributed by atoms with van der Waals surface area (Å²) in [5.74, 6) is -0.344. The number of carbonyl (C=O) groups is 1. The van der Waals surface area contributed by atoms with Crippen molar-refractivity contribution in [2.75, 3.05) is 40.1 Å². The van der Waals surface area contributed by atoms with Gasteiger partial charge in [0.15, 0.2) is 0 Å². The lowest BCUT2D eigenvalue weighted by Gasteiger charge is -2.18. The third-order valence-corrected chi connectivity index (χ3v) is 2.23. The van der Waals surface area contributed by atoms with Gasteiger partial charge in [-0.25, -0.2) is 0 Å². The second kappa shape index (κ2) is 11.4. The molecule has 0 aliphatic heterocycles. The number of hydrogen-bond acceptors (Lipinski definition) is 5. The van der Waals surface area contributed by atoms with Crippen molar-refractivity contribution < 1.29 is 19.0 Å². The average Bonchev–Trinajstić information content (AvgIpc) is 2.30. The van der Waals surface area contributed by atoms with E-state index in [9.17, 15) is 4.79 Å². The predicted molar refractivity (Wildman–Crippen MR) is 69.4 cm³/mol. The van der Waals surface area contributed by atoms with E-state index in [1.165, 1.54) is 0 Å². The van der Waals surface area contributed by atoms with Gasteiger partial charge in [0, 0.05) is 19.8 Å². The Kier molecular flexibility index (Phi) is 11.0. The fraction of sp³-hybridized carbons (Fsp3) is 0.917. The summed E-state index contributed by atoms with van der Waals surface area (Å²) in [7, 11) is 1.63. The Morgan fingerprint density at radius 2 is 1.67 bits per heavy atom. The molecule has 6 heteroatoms. The van der Waals surface area contributed by atoms with Crippen molar-refractivity contribution in [1.82, 2.24) is 5.32 Å². The maximum atomic E-state index is 11.1. The Morgan fingerprint density at radius 3 is 2.17 bits per heavy atom. The van der Waals surface area contributed by atoms with E-state index in [4.69, 9.17) is 19.9 Å². The SMILES string of the molecule is COCCOCCOCCC(NC(C)C)C(N)=O. The van der Waals surface area contributed by atoms with Gasteiger partial charge in [0.05, 0.1) is 32.5 Å². The molecular weight excluding hydrogens is 236 g/mol. The average molecular weight is 262 g/mol. The van der Waals surface area contributed by atoms with Crippen LogP contribution in [-0.2, 0) is 19.0 Å². The van der Waals surface area contributed by atoms with Crippen LogP contribution in [0.2, 0.25) is 0 Å². The number of nitrogens with two attached hydrogens (primary N) is 1. The summed E-state index contributed by atoms with van der Waals surface area (Å²) >= 11 is 0. The molecule has 1 atom stereocenters. The highest BCUT2D eigenvalue weighted by atomic mass is 16.5. The Bertz CT molecular complexity index is 212. The molecule has 18 heavy (non-hydrogen) atoms. The van der Waals surface area contributed by atoms with E-state index in [-0.39, 0.29) is 18.0 Å². The highest BCUT2D eigenvalue weighted by Gasteiger charge is 2.15. The molecule has 3 N–H and O–H groups in total. The predicted octanol–water partition coefficient (Wildman–Crippen LogP) is -0.0920. The Labute approximate surface area is 109 Å². The molecule has 0 bridgehead atoms. The summed E-state index contributed by atoms with van der Waals surface area (Å²) in [5, 5.41) is 3.10. The molecule has 0 aromatic rings. The van der Waals surface area contributed by atoms with Crippen LogP contribution in [0.5, 0.6) is 0 Å². The summed E-state index contributed by atoms with van der Waals surface area (Å²) in [6.07, 6.45) is 0.575. The van der Waals surface area contributed by atoms with Gasteiger partial charge in [-0.15, -0.1) is 0 Å². The minimum atomic E-state index is -0.344. The first kappa shape index (κ1) is 17.3. The number of amides is 1. The van der Waals surface area contributed by atoms with Gasteiger partial charge in [0.25, 0.3) is 0 Å². The number of hydrogen-bond donors (Lipinski definition) is 2. The second-order valence-electron chi connectivity index (χ2n) is 4.28. The summed E-state index contributed by atoms with van der Waals surface area (Å²) in [4.78, 5) is 11.1. The number of carbonyl (C=O) groups excluding carboxylic acids is 1. The molecule has 1 amide bonds. The van der Waals surface area contributed by atoms with E-state index >= 15 is 0 Å². The standard InChI is InChI=1S/C12H26N2O4/c1-10(2)14-11(12(13)15)4-5-17-8-9-18-7-6-16-3/h10-11,14H,4-9H2,1-3H3,(H2,13,15). The van der Waals surface area contributed by atoms with Crippen molar-refractivity contribution in [1.29, 1.82) is 0 Å². The molecule has 6 nitrogen and oxygen atoms in total.